The van der Waals surface area contributed by atoms with Crippen LogP contribution in [0.4, 0.5) is 0 Å². The molecule has 0 bridgehead atoms. The zero-order valence-corrected chi connectivity index (χ0v) is 16.2. The van der Waals surface area contributed by atoms with Gasteiger partial charge in [0.05, 0.1) is 10.9 Å². The molecule has 1 atom stereocenters. The molecule has 142 valence electrons. The number of nitrogens with zero attached hydrogens (tertiary/aromatic N) is 1. The smallest absolute Gasteiger partial charge is 0.241 e. The Kier molecular flexibility index (Phi) is 4.98. The van der Waals surface area contributed by atoms with E-state index in [1.165, 1.54) is 0 Å². The van der Waals surface area contributed by atoms with Crippen LogP contribution in [0.5, 0.6) is 0 Å². The van der Waals surface area contributed by atoms with E-state index < -0.39 is 16.1 Å². The molecule has 1 unspecified atom stereocenters. The van der Waals surface area contributed by atoms with E-state index in [9.17, 15) is 8.42 Å². The quantitative estimate of drug-likeness (QED) is 0.528. The van der Waals surface area contributed by atoms with E-state index in [1.54, 1.807) is 24.3 Å². The maximum absolute atomic E-state index is 12.9. The standard InChI is InChI=1S/C22H20N2O3S/c1-16-11-13-18(14-12-16)28(25,26)24-20(17-7-3-2-4-8-17)15-22-23-19-9-5-6-10-21(19)27-22/h2-14,20,24H,15H2,1H3. The van der Waals surface area contributed by atoms with Gasteiger partial charge in [-0.1, -0.05) is 60.2 Å². The number of oxazole rings is 1. The third-order valence-corrected chi connectivity index (χ3v) is 6.04. The van der Waals surface area contributed by atoms with E-state index in [1.807, 2.05) is 61.5 Å². The fraction of sp³-hybridized carbons (Fsp3) is 0.136. The van der Waals surface area contributed by atoms with Gasteiger partial charge in [-0.3, -0.25) is 0 Å². The molecule has 28 heavy (non-hydrogen) atoms. The molecule has 6 heteroatoms. The van der Waals surface area contributed by atoms with Gasteiger partial charge < -0.3 is 4.42 Å². The molecule has 4 rings (SSSR count). The predicted octanol–water partition coefficient (Wildman–Crippen LogP) is 4.40. The van der Waals surface area contributed by atoms with Crippen LogP contribution in [0, 0.1) is 6.92 Å². The third-order valence-electron chi connectivity index (χ3n) is 4.55. The minimum Gasteiger partial charge on any atom is -0.441 e. The summed E-state index contributed by atoms with van der Waals surface area (Å²) >= 11 is 0. The lowest BCUT2D eigenvalue weighted by Gasteiger charge is -2.18. The second-order valence-electron chi connectivity index (χ2n) is 6.68. The molecule has 0 saturated heterocycles. The first-order valence-corrected chi connectivity index (χ1v) is 10.5. The van der Waals surface area contributed by atoms with Crippen LogP contribution in [0.25, 0.3) is 11.1 Å². The van der Waals surface area contributed by atoms with Crippen LogP contribution in [-0.4, -0.2) is 13.4 Å². The number of aryl methyl sites for hydroxylation is 1. The van der Waals surface area contributed by atoms with E-state index in [4.69, 9.17) is 4.42 Å². The van der Waals surface area contributed by atoms with Crippen molar-refractivity contribution in [2.24, 2.45) is 0 Å². The molecule has 3 aromatic carbocycles. The normalized spacial score (nSPS) is 12.9. The number of aromatic nitrogens is 1. The summed E-state index contributed by atoms with van der Waals surface area (Å²) in [6.45, 7) is 1.92. The van der Waals surface area contributed by atoms with Gasteiger partial charge in [-0.25, -0.2) is 18.1 Å². The number of hydrogen-bond acceptors (Lipinski definition) is 4. The van der Waals surface area contributed by atoms with Crippen LogP contribution in [0.3, 0.4) is 0 Å². The van der Waals surface area contributed by atoms with E-state index in [0.717, 1.165) is 16.6 Å². The summed E-state index contributed by atoms with van der Waals surface area (Å²) in [6, 6.07) is 23.2. The summed E-state index contributed by atoms with van der Waals surface area (Å²) < 4.78 is 34.5. The van der Waals surface area contributed by atoms with Crippen LogP contribution >= 0.6 is 0 Å². The molecule has 0 fully saturated rings. The number of sulfonamides is 1. The first-order chi connectivity index (χ1) is 13.5. The minimum absolute atomic E-state index is 0.233. The molecule has 0 amide bonds. The van der Waals surface area contributed by atoms with Crippen LogP contribution in [0.1, 0.15) is 23.1 Å². The molecule has 0 aliphatic carbocycles. The predicted molar refractivity (Wildman–Crippen MR) is 108 cm³/mol. The van der Waals surface area contributed by atoms with Crippen LogP contribution in [0.15, 0.2) is 88.2 Å². The highest BCUT2D eigenvalue weighted by molar-refractivity contribution is 7.89. The average Bonchev–Trinajstić information content (AvgIpc) is 3.11. The van der Waals surface area contributed by atoms with Crippen molar-refractivity contribution in [3.63, 3.8) is 0 Å². The van der Waals surface area contributed by atoms with Crippen molar-refractivity contribution in [1.29, 1.82) is 0 Å². The van der Waals surface area contributed by atoms with Gasteiger partial charge in [-0.15, -0.1) is 0 Å². The van der Waals surface area contributed by atoms with Gasteiger partial charge >= 0.3 is 0 Å². The highest BCUT2D eigenvalue weighted by Gasteiger charge is 2.23. The summed E-state index contributed by atoms with van der Waals surface area (Å²) in [5, 5.41) is 0. The lowest BCUT2D eigenvalue weighted by molar-refractivity contribution is 0.482. The number of rotatable bonds is 6. The van der Waals surface area contributed by atoms with Crippen molar-refractivity contribution in [1.82, 2.24) is 9.71 Å². The summed E-state index contributed by atoms with van der Waals surface area (Å²) in [5.74, 6) is 0.488. The molecule has 0 spiro atoms. The Hall–Kier alpha value is -2.96. The fourth-order valence-corrected chi connectivity index (χ4v) is 4.29. The fourth-order valence-electron chi connectivity index (χ4n) is 3.07. The van der Waals surface area contributed by atoms with Crippen LogP contribution < -0.4 is 4.72 Å². The van der Waals surface area contributed by atoms with Gasteiger partial charge in [0.2, 0.25) is 10.0 Å². The second kappa shape index (κ2) is 7.58. The molecule has 1 heterocycles. The Morgan fingerprint density at radius 2 is 1.61 bits per heavy atom. The van der Waals surface area contributed by atoms with Crippen molar-refractivity contribution in [2.45, 2.75) is 24.3 Å². The highest BCUT2D eigenvalue weighted by Crippen LogP contribution is 2.24. The first-order valence-electron chi connectivity index (χ1n) is 9.00. The molecule has 0 radical (unpaired) electrons. The summed E-state index contributed by atoms with van der Waals surface area (Å²) in [6.07, 6.45) is 0.309. The zero-order chi connectivity index (χ0) is 19.6. The van der Waals surface area contributed by atoms with Crippen molar-refractivity contribution >= 4 is 21.1 Å². The Labute approximate surface area is 164 Å². The number of hydrogen-bond donors (Lipinski definition) is 1. The van der Waals surface area contributed by atoms with Crippen molar-refractivity contribution in [3.05, 3.63) is 95.9 Å². The van der Waals surface area contributed by atoms with Gasteiger partial charge in [0.25, 0.3) is 0 Å². The molecule has 0 aliphatic heterocycles. The van der Waals surface area contributed by atoms with E-state index >= 15 is 0 Å². The number of para-hydroxylation sites is 2. The number of benzene rings is 3. The van der Waals surface area contributed by atoms with Gasteiger partial charge in [-0.05, 0) is 36.8 Å². The van der Waals surface area contributed by atoms with Gasteiger partial charge in [0, 0.05) is 6.42 Å². The molecule has 0 aliphatic rings. The van der Waals surface area contributed by atoms with Crippen molar-refractivity contribution in [2.75, 3.05) is 0 Å². The molecule has 5 nitrogen and oxygen atoms in total. The number of fused-ring (bicyclic) bond motifs is 1. The third kappa shape index (κ3) is 3.98. The summed E-state index contributed by atoms with van der Waals surface area (Å²) in [7, 11) is -3.69. The zero-order valence-electron chi connectivity index (χ0n) is 15.4. The topological polar surface area (TPSA) is 72.2 Å². The minimum atomic E-state index is -3.69. The molecular weight excluding hydrogens is 372 g/mol. The lowest BCUT2D eigenvalue weighted by Crippen LogP contribution is -2.30. The molecule has 1 aromatic heterocycles. The van der Waals surface area contributed by atoms with E-state index in [0.29, 0.717) is 17.9 Å². The van der Waals surface area contributed by atoms with E-state index in [2.05, 4.69) is 9.71 Å². The monoisotopic (exact) mass is 392 g/mol. The second-order valence-corrected chi connectivity index (χ2v) is 8.39. The molecular formula is C22H20N2O3S. The lowest BCUT2D eigenvalue weighted by atomic mass is 10.1. The maximum atomic E-state index is 12.9. The Morgan fingerprint density at radius 1 is 0.929 bits per heavy atom. The van der Waals surface area contributed by atoms with Crippen LogP contribution in [-0.2, 0) is 16.4 Å². The van der Waals surface area contributed by atoms with Crippen molar-refractivity contribution < 1.29 is 12.8 Å². The van der Waals surface area contributed by atoms with E-state index in [-0.39, 0.29) is 4.90 Å². The Balaban J connectivity index is 1.66. The Morgan fingerprint density at radius 3 is 2.32 bits per heavy atom. The van der Waals surface area contributed by atoms with Crippen LogP contribution in [0.2, 0.25) is 0 Å². The number of nitrogens with one attached hydrogen (secondary N) is 1. The maximum Gasteiger partial charge on any atom is 0.241 e. The van der Waals surface area contributed by atoms with Crippen molar-refractivity contribution in [3.8, 4) is 0 Å². The molecule has 1 N–H and O–H groups in total. The van der Waals surface area contributed by atoms with Gasteiger partial charge in [-0.2, -0.15) is 0 Å². The molecule has 4 aromatic rings. The largest absolute Gasteiger partial charge is 0.441 e. The average molecular weight is 392 g/mol. The Bertz CT molecular complexity index is 1150. The summed E-state index contributed by atoms with van der Waals surface area (Å²) in [4.78, 5) is 4.72. The summed E-state index contributed by atoms with van der Waals surface area (Å²) in [5.41, 5.74) is 3.29. The highest BCUT2D eigenvalue weighted by atomic mass is 32.2. The first kappa shape index (κ1) is 18.4. The SMILES string of the molecule is Cc1ccc(S(=O)(=O)NC(Cc2nc3ccccc3o2)c2ccccc2)cc1. The van der Waals surface area contributed by atoms with Gasteiger partial charge in [0.15, 0.2) is 11.5 Å². The van der Waals surface area contributed by atoms with Gasteiger partial charge in [0.1, 0.15) is 5.52 Å². The molecule has 0 saturated carbocycles.